The second-order valence-electron chi connectivity index (χ2n) is 5.72. The van der Waals surface area contributed by atoms with Gasteiger partial charge in [0.15, 0.2) is 0 Å². The van der Waals surface area contributed by atoms with Gasteiger partial charge in [0.25, 0.3) is 0 Å². The van der Waals surface area contributed by atoms with Crippen LogP contribution in [-0.2, 0) is 6.42 Å². The molecule has 0 aliphatic carbocycles. The fraction of sp³-hybridized carbons (Fsp3) is 0.647. The molecule has 0 aliphatic heterocycles. The number of benzene rings is 1. The Balaban J connectivity index is 2.56. The van der Waals surface area contributed by atoms with Gasteiger partial charge in [0.2, 0.25) is 0 Å². The van der Waals surface area contributed by atoms with Crippen LogP contribution in [0.2, 0.25) is 0 Å². The Hall–Kier alpha value is -1.02. The van der Waals surface area contributed by atoms with Crippen LogP contribution in [0, 0.1) is 11.8 Å². The van der Waals surface area contributed by atoms with Crippen molar-refractivity contribution >= 4 is 0 Å². The van der Waals surface area contributed by atoms with E-state index >= 15 is 0 Å². The minimum absolute atomic E-state index is 0.694. The summed E-state index contributed by atoms with van der Waals surface area (Å²) in [5.74, 6) is 2.43. The van der Waals surface area contributed by atoms with Crippen molar-refractivity contribution in [3.8, 4) is 5.75 Å². The van der Waals surface area contributed by atoms with Gasteiger partial charge in [-0.3, -0.25) is 0 Å². The predicted octanol–water partition coefficient (Wildman–Crippen LogP) is 3.90. The maximum atomic E-state index is 5.45. The van der Waals surface area contributed by atoms with Crippen molar-refractivity contribution < 1.29 is 4.74 Å². The van der Waals surface area contributed by atoms with Crippen LogP contribution in [0.15, 0.2) is 24.3 Å². The zero-order valence-corrected chi connectivity index (χ0v) is 12.9. The third-order valence-electron chi connectivity index (χ3n) is 3.38. The highest BCUT2D eigenvalue weighted by Crippen LogP contribution is 2.22. The summed E-state index contributed by atoms with van der Waals surface area (Å²) >= 11 is 0. The van der Waals surface area contributed by atoms with Crippen LogP contribution >= 0.6 is 0 Å². The van der Waals surface area contributed by atoms with Gasteiger partial charge in [-0.25, -0.2) is 0 Å². The number of ether oxygens (including phenoxy) is 1. The van der Waals surface area contributed by atoms with Gasteiger partial charge in [0.1, 0.15) is 5.75 Å². The number of hydrogen-bond donors (Lipinski definition) is 1. The normalized spacial score (nSPS) is 12.7. The average Bonchev–Trinajstić information content (AvgIpc) is 2.39. The van der Waals surface area contributed by atoms with E-state index in [1.165, 1.54) is 18.4 Å². The van der Waals surface area contributed by atoms with Gasteiger partial charge >= 0.3 is 0 Å². The van der Waals surface area contributed by atoms with Crippen molar-refractivity contribution in [1.29, 1.82) is 0 Å². The van der Waals surface area contributed by atoms with Gasteiger partial charge in [0, 0.05) is 0 Å². The molecule has 0 amide bonds. The molecule has 0 heterocycles. The Morgan fingerprint density at radius 3 is 2.53 bits per heavy atom. The molecular weight excluding hydrogens is 234 g/mol. The summed E-state index contributed by atoms with van der Waals surface area (Å²) in [4.78, 5) is 0. The lowest BCUT2D eigenvalue weighted by atomic mass is 9.94. The second-order valence-corrected chi connectivity index (χ2v) is 5.72. The largest absolute Gasteiger partial charge is 0.496 e. The van der Waals surface area contributed by atoms with Gasteiger partial charge in [-0.2, -0.15) is 0 Å². The summed E-state index contributed by atoms with van der Waals surface area (Å²) in [5.41, 5.74) is 1.33. The van der Waals surface area contributed by atoms with Crippen molar-refractivity contribution in [3.05, 3.63) is 29.8 Å². The molecule has 0 radical (unpaired) electrons. The Labute approximate surface area is 118 Å². The van der Waals surface area contributed by atoms with Crippen molar-refractivity contribution in [1.82, 2.24) is 5.32 Å². The average molecular weight is 263 g/mol. The number of hydrogen-bond acceptors (Lipinski definition) is 2. The molecule has 0 fully saturated rings. The molecule has 0 aliphatic rings. The number of para-hydroxylation sites is 1. The third-order valence-corrected chi connectivity index (χ3v) is 3.38. The summed E-state index contributed by atoms with van der Waals surface area (Å²) in [6, 6.07) is 8.38. The van der Waals surface area contributed by atoms with Crippen LogP contribution in [0.5, 0.6) is 5.75 Å². The molecular formula is C17H29NO. The van der Waals surface area contributed by atoms with Crippen LogP contribution in [0.25, 0.3) is 0 Å². The molecule has 0 saturated heterocycles. The summed E-state index contributed by atoms with van der Waals surface area (Å²) in [5, 5.41) is 3.59. The highest BCUT2D eigenvalue weighted by Gasteiger charge is 2.11. The lowest BCUT2D eigenvalue weighted by Crippen LogP contribution is -2.27. The predicted molar refractivity (Wildman–Crippen MR) is 82.8 cm³/mol. The van der Waals surface area contributed by atoms with E-state index in [1.54, 1.807) is 7.11 Å². The van der Waals surface area contributed by atoms with Gasteiger partial charge in [-0.1, -0.05) is 45.4 Å². The smallest absolute Gasteiger partial charge is 0.122 e. The number of nitrogens with one attached hydrogen (secondary N) is 1. The van der Waals surface area contributed by atoms with E-state index in [9.17, 15) is 0 Å². The monoisotopic (exact) mass is 263 g/mol. The zero-order valence-electron chi connectivity index (χ0n) is 12.9. The van der Waals surface area contributed by atoms with Crippen molar-refractivity contribution in [2.75, 3.05) is 20.2 Å². The Kier molecular flexibility index (Phi) is 7.57. The lowest BCUT2D eigenvalue weighted by Gasteiger charge is -2.19. The summed E-state index contributed by atoms with van der Waals surface area (Å²) in [6.07, 6.45) is 3.61. The lowest BCUT2D eigenvalue weighted by molar-refractivity contribution is 0.390. The quantitative estimate of drug-likeness (QED) is 0.729. The topological polar surface area (TPSA) is 21.3 Å². The van der Waals surface area contributed by atoms with E-state index in [2.05, 4.69) is 44.3 Å². The van der Waals surface area contributed by atoms with E-state index in [4.69, 9.17) is 4.74 Å². The molecule has 108 valence electrons. The molecule has 0 spiro atoms. The number of rotatable bonds is 9. The summed E-state index contributed by atoms with van der Waals surface area (Å²) in [6.45, 7) is 8.97. The first-order valence-corrected chi connectivity index (χ1v) is 7.50. The molecule has 19 heavy (non-hydrogen) atoms. The van der Waals surface area contributed by atoms with Gasteiger partial charge in [0.05, 0.1) is 7.11 Å². The van der Waals surface area contributed by atoms with Crippen LogP contribution < -0.4 is 10.1 Å². The maximum absolute atomic E-state index is 5.45. The zero-order chi connectivity index (χ0) is 14.1. The summed E-state index contributed by atoms with van der Waals surface area (Å²) in [7, 11) is 1.75. The minimum Gasteiger partial charge on any atom is -0.496 e. The van der Waals surface area contributed by atoms with Crippen LogP contribution in [0.3, 0.4) is 0 Å². The fourth-order valence-electron chi connectivity index (χ4n) is 2.44. The molecule has 0 aromatic heterocycles. The van der Waals surface area contributed by atoms with Crippen LogP contribution in [-0.4, -0.2) is 20.2 Å². The first-order chi connectivity index (χ1) is 9.17. The van der Waals surface area contributed by atoms with E-state index in [1.807, 2.05) is 6.07 Å². The molecule has 1 atom stereocenters. The van der Waals surface area contributed by atoms with E-state index in [0.717, 1.165) is 25.3 Å². The third kappa shape index (κ3) is 6.11. The summed E-state index contributed by atoms with van der Waals surface area (Å²) < 4.78 is 5.45. The maximum Gasteiger partial charge on any atom is 0.122 e. The SMILES string of the molecule is CCCC(CNCC(C)C)Cc1ccccc1OC. The molecule has 2 heteroatoms. The van der Waals surface area contributed by atoms with Gasteiger partial charge in [-0.15, -0.1) is 0 Å². The first kappa shape index (κ1) is 16.0. The van der Waals surface area contributed by atoms with Crippen LogP contribution in [0.4, 0.5) is 0 Å². The minimum atomic E-state index is 0.694. The Morgan fingerprint density at radius 1 is 1.16 bits per heavy atom. The Morgan fingerprint density at radius 2 is 1.89 bits per heavy atom. The molecule has 1 N–H and O–H groups in total. The van der Waals surface area contributed by atoms with Gasteiger partial charge in [-0.05, 0) is 49.4 Å². The molecule has 1 rings (SSSR count). The van der Waals surface area contributed by atoms with Crippen molar-refractivity contribution in [3.63, 3.8) is 0 Å². The fourth-order valence-corrected chi connectivity index (χ4v) is 2.44. The second kappa shape index (κ2) is 8.98. The first-order valence-electron chi connectivity index (χ1n) is 7.50. The number of methoxy groups -OCH3 is 1. The van der Waals surface area contributed by atoms with Crippen molar-refractivity contribution in [2.45, 2.75) is 40.0 Å². The highest BCUT2D eigenvalue weighted by atomic mass is 16.5. The molecule has 1 aromatic rings. The van der Waals surface area contributed by atoms with Crippen molar-refractivity contribution in [2.24, 2.45) is 11.8 Å². The Bertz CT molecular complexity index is 349. The molecule has 0 bridgehead atoms. The molecule has 1 unspecified atom stereocenters. The molecule has 1 aromatic carbocycles. The highest BCUT2D eigenvalue weighted by molar-refractivity contribution is 5.33. The standard InChI is InChI=1S/C17H29NO/c1-5-8-15(13-18-12-14(2)3)11-16-9-6-7-10-17(16)19-4/h6-7,9-10,14-15,18H,5,8,11-13H2,1-4H3. The van der Waals surface area contributed by atoms with E-state index < -0.39 is 0 Å². The van der Waals surface area contributed by atoms with E-state index in [-0.39, 0.29) is 0 Å². The molecule has 0 saturated carbocycles. The van der Waals surface area contributed by atoms with Gasteiger partial charge < -0.3 is 10.1 Å². The van der Waals surface area contributed by atoms with E-state index in [0.29, 0.717) is 11.8 Å². The van der Waals surface area contributed by atoms with Crippen LogP contribution in [0.1, 0.15) is 39.2 Å². The molecule has 2 nitrogen and oxygen atoms in total.